The van der Waals surface area contributed by atoms with Crippen molar-refractivity contribution in [1.82, 2.24) is 0 Å². The van der Waals surface area contributed by atoms with E-state index in [1.807, 2.05) is 36.4 Å². The molecular formula is C16H16O2S. The van der Waals surface area contributed by atoms with Crippen LogP contribution in [0.25, 0.3) is 0 Å². The Hall–Kier alpha value is -1.74. The Morgan fingerprint density at radius 2 is 1.68 bits per heavy atom. The lowest BCUT2D eigenvalue weighted by Gasteiger charge is -2.04. The van der Waals surface area contributed by atoms with Crippen LogP contribution in [0.4, 0.5) is 0 Å². The van der Waals surface area contributed by atoms with Crippen molar-refractivity contribution in [2.24, 2.45) is 0 Å². The lowest BCUT2D eigenvalue weighted by molar-refractivity contribution is 0.101. The maximum absolute atomic E-state index is 11.2. The van der Waals surface area contributed by atoms with Gasteiger partial charge in [0, 0.05) is 16.2 Å². The molecule has 0 amide bonds. The largest absolute Gasteiger partial charge is 0.497 e. The van der Waals surface area contributed by atoms with Crippen LogP contribution in [0.15, 0.2) is 53.4 Å². The number of methoxy groups -OCH3 is 1. The third-order valence-corrected chi connectivity index (χ3v) is 3.91. The van der Waals surface area contributed by atoms with E-state index < -0.39 is 0 Å². The molecule has 19 heavy (non-hydrogen) atoms. The van der Waals surface area contributed by atoms with E-state index >= 15 is 0 Å². The van der Waals surface area contributed by atoms with Gasteiger partial charge < -0.3 is 4.74 Å². The SMILES string of the molecule is COc1ccc(CSc2ccc(C(C)=O)cc2)cc1. The second-order valence-electron chi connectivity index (χ2n) is 4.22. The summed E-state index contributed by atoms with van der Waals surface area (Å²) >= 11 is 1.76. The molecule has 2 aromatic rings. The molecule has 0 aliphatic heterocycles. The highest BCUT2D eigenvalue weighted by atomic mass is 32.2. The van der Waals surface area contributed by atoms with Crippen LogP contribution in [-0.2, 0) is 5.75 Å². The molecule has 0 saturated heterocycles. The summed E-state index contributed by atoms with van der Waals surface area (Å²) in [4.78, 5) is 12.3. The van der Waals surface area contributed by atoms with Crippen molar-refractivity contribution in [2.45, 2.75) is 17.6 Å². The molecule has 0 aromatic heterocycles. The third-order valence-electron chi connectivity index (χ3n) is 2.83. The van der Waals surface area contributed by atoms with Gasteiger partial charge in [-0.2, -0.15) is 0 Å². The van der Waals surface area contributed by atoms with Gasteiger partial charge in [-0.1, -0.05) is 24.3 Å². The number of ketones is 1. The molecule has 0 fully saturated rings. The molecule has 2 aromatic carbocycles. The van der Waals surface area contributed by atoms with Crippen LogP contribution < -0.4 is 4.74 Å². The van der Waals surface area contributed by atoms with Gasteiger partial charge in [-0.05, 0) is 36.8 Å². The highest BCUT2D eigenvalue weighted by Gasteiger charge is 2.00. The number of thioether (sulfide) groups is 1. The summed E-state index contributed by atoms with van der Waals surface area (Å²) in [5.74, 6) is 1.88. The van der Waals surface area contributed by atoms with Crippen LogP contribution in [0, 0.1) is 0 Å². The monoisotopic (exact) mass is 272 g/mol. The first-order valence-corrected chi connectivity index (χ1v) is 7.04. The molecule has 0 radical (unpaired) electrons. The van der Waals surface area contributed by atoms with E-state index in [-0.39, 0.29) is 5.78 Å². The summed E-state index contributed by atoms with van der Waals surface area (Å²) in [6, 6.07) is 15.8. The molecule has 3 heteroatoms. The van der Waals surface area contributed by atoms with Gasteiger partial charge in [-0.3, -0.25) is 4.79 Å². The molecule has 0 aliphatic carbocycles. The predicted molar refractivity (Wildman–Crippen MR) is 79.0 cm³/mol. The fourth-order valence-corrected chi connectivity index (χ4v) is 2.53. The number of Topliss-reactive ketones (excluding diaryl/α,β-unsaturated/α-hetero) is 1. The van der Waals surface area contributed by atoms with Crippen LogP contribution >= 0.6 is 11.8 Å². The third kappa shape index (κ3) is 3.86. The van der Waals surface area contributed by atoms with Crippen molar-refractivity contribution in [3.8, 4) is 5.75 Å². The highest BCUT2D eigenvalue weighted by molar-refractivity contribution is 7.98. The smallest absolute Gasteiger partial charge is 0.159 e. The van der Waals surface area contributed by atoms with E-state index in [4.69, 9.17) is 4.74 Å². The van der Waals surface area contributed by atoms with Crippen molar-refractivity contribution in [1.29, 1.82) is 0 Å². The Labute approximate surface area is 117 Å². The molecule has 0 spiro atoms. The number of rotatable bonds is 5. The van der Waals surface area contributed by atoms with Gasteiger partial charge in [-0.15, -0.1) is 11.8 Å². The Balaban J connectivity index is 1.95. The maximum Gasteiger partial charge on any atom is 0.159 e. The summed E-state index contributed by atoms with van der Waals surface area (Å²) in [5, 5.41) is 0. The minimum Gasteiger partial charge on any atom is -0.497 e. The molecule has 0 saturated carbocycles. The highest BCUT2D eigenvalue weighted by Crippen LogP contribution is 2.24. The molecule has 0 heterocycles. The standard InChI is InChI=1S/C16H16O2S/c1-12(17)14-5-9-16(10-6-14)19-11-13-3-7-15(18-2)8-4-13/h3-10H,11H2,1-2H3. The fraction of sp³-hybridized carbons (Fsp3) is 0.188. The summed E-state index contributed by atoms with van der Waals surface area (Å²) in [6.45, 7) is 1.58. The number of hydrogen-bond acceptors (Lipinski definition) is 3. The van der Waals surface area contributed by atoms with E-state index in [0.717, 1.165) is 17.1 Å². The lowest BCUT2D eigenvalue weighted by Crippen LogP contribution is -1.90. The minimum atomic E-state index is 0.103. The summed E-state index contributed by atoms with van der Waals surface area (Å²) in [5.41, 5.74) is 2.01. The quantitative estimate of drug-likeness (QED) is 0.603. The van der Waals surface area contributed by atoms with Gasteiger partial charge in [0.05, 0.1) is 7.11 Å². The predicted octanol–water partition coefficient (Wildman–Crippen LogP) is 4.19. The fourth-order valence-electron chi connectivity index (χ4n) is 1.67. The Morgan fingerprint density at radius 3 is 2.21 bits per heavy atom. The first-order chi connectivity index (χ1) is 9.19. The van der Waals surface area contributed by atoms with Crippen LogP contribution in [0.3, 0.4) is 0 Å². The van der Waals surface area contributed by atoms with E-state index in [2.05, 4.69) is 12.1 Å². The number of carbonyl (C=O) groups is 1. The van der Waals surface area contributed by atoms with E-state index in [0.29, 0.717) is 0 Å². The Kier molecular flexibility index (Phi) is 4.63. The van der Waals surface area contributed by atoms with Crippen LogP contribution in [-0.4, -0.2) is 12.9 Å². The van der Waals surface area contributed by atoms with Gasteiger partial charge >= 0.3 is 0 Å². The van der Waals surface area contributed by atoms with Crippen LogP contribution in [0.1, 0.15) is 22.8 Å². The van der Waals surface area contributed by atoms with Gasteiger partial charge in [-0.25, -0.2) is 0 Å². The maximum atomic E-state index is 11.2. The van der Waals surface area contributed by atoms with Crippen molar-refractivity contribution in [3.05, 3.63) is 59.7 Å². The topological polar surface area (TPSA) is 26.3 Å². The minimum absolute atomic E-state index is 0.103. The lowest BCUT2D eigenvalue weighted by atomic mass is 10.2. The Morgan fingerprint density at radius 1 is 1.05 bits per heavy atom. The van der Waals surface area contributed by atoms with Gasteiger partial charge in [0.2, 0.25) is 0 Å². The number of carbonyl (C=O) groups excluding carboxylic acids is 1. The second kappa shape index (κ2) is 6.43. The van der Waals surface area contributed by atoms with Gasteiger partial charge in [0.15, 0.2) is 5.78 Å². The first-order valence-electron chi connectivity index (χ1n) is 6.06. The Bertz CT molecular complexity index is 544. The molecule has 0 atom stereocenters. The zero-order valence-electron chi connectivity index (χ0n) is 11.1. The normalized spacial score (nSPS) is 10.2. The molecule has 0 aliphatic rings. The average molecular weight is 272 g/mol. The van der Waals surface area contributed by atoms with Crippen molar-refractivity contribution in [3.63, 3.8) is 0 Å². The van der Waals surface area contributed by atoms with E-state index in [9.17, 15) is 4.79 Å². The summed E-state index contributed by atoms with van der Waals surface area (Å²) in [7, 11) is 1.67. The number of ether oxygens (including phenoxy) is 1. The van der Waals surface area contributed by atoms with Crippen molar-refractivity contribution >= 4 is 17.5 Å². The molecule has 0 N–H and O–H groups in total. The molecular weight excluding hydrogens is 256 g/mol. The number of benzene rings is 2. The molecule has 2 rings (SSSR count). The van der Waals surface area contributed by atoms with Crippen molar-refractivity contribution < 1.29 is 9.53 Å². The van der Waals surface area contributed by atoms with Crippen LogP contribution in [0.5, 0.6) is 5.75 Å². The average Bonchev–Trinajstić information content (AvgIpc) is 2.46. The van der Waals surface area contributed by atoms with Crippen LogP contribution in [0.2, 0.25) is 0 Å². The second-order valence-corrected chi connectivity index (χ2v) is 5.27. The first kappa shape index (κ1) is 13.7. The van der Waals surface area contributed by atoms with Gasteiger partial charge in [0.25, 0.3) is 0 Å². The van der Waals surface area contributed by atoms with Gasteiger partial charge in [0.1, 0.15) is 5.75 Å². The summed E-state index contributed by atoms with van der Waals surface area (Å²) in [6.07, 6.45) is 0. The summed E-state index contributed by atoms with van der Waals surface area (Å²) < 4.78 is 5.13. The molecule has 0 unspecified atom stereocenters. The molecule has 2 nitrogen and oxygen atoms in total. The zero-order chi connectivity index (χ0) is 13.7. The molecule has 98 valence electrons. The van der Waals surface area contributed by atoms with E-state index in [1.54, 1.807) is 25.8 Å². The number of hydrogen-bond donors (Lipinski definition) is 0. The molecule has 0 bridgehead atoms. The van der Waals surface area contributed by atoms with E-state index in [1.165, 1.54) is 10.5 Å². The zero-order valence-corrected chi connectivity index (χ0v) is 11.9. The van der Waals surface area contributed by atoms with Crippen molar-refractivity contribution in [2.75, 3.05) is 7.11 Å².